The van der Waals surface area contributed by atoms with E-state index in [9.17, 15) is 9.59 Å². The lowest BCUT2D eigenvalue weighted by atomic mass is 9.96. The number of carbonyl (C=O) groups is 2. The van der Waals surface area contributed by atoms with Crippen LogP contribution in [-0.2, 0) is 16.1 Å². The van der Waals surface area contributed by atoms with Crippen molar-refractivity contribution in [3.63, 3.8) is 0 Å². The largest absolute Gasteiger partial charge is 0.339 e. The summed E-state index contributed by atoms with van der Waals surface area (Å²) in [5.41, 5.74) is 2.54. The molecule has 31 heavy (non-hydrogen) atoms. The molecule has 3 aromatic rings. The summed E-state index contributed by atoms with van der Waals surface area (Å²) in [7, 11) is 0. The van der Waals surface area contributed by atoms with Crippen LogP contribution in [-0.4, -0.2) is 49.4 Å². The van der Waals surface area contributed by atoms with Crippen LogP contribution in [0.5, 0.6) is 0 Å². The Bertz CT molecular complexity index is 1060. The van der Waals surface area contributed by atoms with Crippen molar-refractivity contribution in [3.05, 3.63) is 66.8 Å². The highest BCUT2D eigenvalue weighted by atomic mass is 16.2. The second-order valence-corrected chi connectivity index (χ2v) is 7.56. The van der Waals surface area contributed by atoms with Gasteiger partial charge in [-0.2, -0.15) is 10.2 Å². The van der Waals surface area contributed by atoms with Crippen molar-refractivity contribution in [2.24, 2.45) is 5.92 Å². The molecule has 1 saturated heterocycles. The zero-order valence-corrected chi connectivity index (χ0v) is 17.5. The first kappa shape index (κ1) is 20.6. The Morgan fingerprint density at radius 3 is 2.58 bits per heavy atom. The predicted octanol–water partition coefficient (Wildman–Crippen LogP) is 2.98. The molecule has 1 aliphatic rings. The van der Waals surface area contributed by atoms with Crippen molar-refractivity contribution in [3.8, 4) is 5.69 Å². The van der Waals surface area contributed by atoms with Gasteiger partial charge in [0.05, 0.1) is 23.8 Å². The van der Waals surface area contributed by atoms with E-state index < -0.39 is 0 Å². The number of carbonyl (C=O) groups excluding carboxylic acids is 2. The summed E-state index contributed by atoms with van der Waals surface area (Å²) in [5.74, 6) is -0.149. The molecule has 8 heteroatoms. The Morgan fingerprint density at radius 2 is 1.87 bits per heavy atom. The summed E-state index contributed by atoms with van der Waals surface area (Å²) in [5, 5.41) is 11.4. The third-order valence-electron chi connectivity index (χ3n) is 5.44. The van der Waals surface area contributed by atoms with Crippen LogP contribution in [0, 0.1) is 5.92 Å². The van der Waals surface area contributed by atoms with E-state index in [1.54, 1.807) is 38.8 Å². The fraction of sp³-hybridized carbons (Fsp3) is 0.304. The topological polar surface area (TPSA) is 85.0 Å². The Labute approximate surface area is 181 Å². The van der Waals surface area contributed by atoms with Gasteiger partial charge in [0.2, 0.25) is 11.8 Å². The van der Waals surface area contributed by atoms with Crippen LogP contribution in [0.1, 0.15) is 25.3 Å². The van der Waals surface area contributed by atoms with Gasteiger partial charge in [-0.25, -0.2) is 4.68 Å². The minimum absolute atomic E-state index is 0.00776. The Kier molecular flexibility index (Phi) is 6.26. The van der Waals surface area contributed by atoms with Crippen LogP contribution in [0.15, 0.2) is 61.2 Å². The first-order valence-electron chi connectivity index (χ1n) is 10.5. The van der Waals surface area contributed by atoms with Crippen LogP contribution in [0.25, 0.3) is 11.8 Å². The van der Waals surface area contributed by atoms with E-state index in [0.717, 1.165) is 17.8 Å². The van der Waals surface area contributed by atoms with E-state index in [1.807, 2.05) is 49.6 Å². The number of aryl methyl sites for hydroxylation is 1. The molecule has 0 atom stereocenters. The predicted molar refractivity (Wildman–Crippen MR) is 118 cm³/mol. The molecule has 0 bridgehead atoms. The molecule has 0 saturated carbocycles. The maximum Gasteiger partial charge on any atom is 0.246 e. The summed E-state index contributed by atoms with van der Waals surface area (Å²) >= 11 is 0. The van der Waals surface area contributed by atoms with Gasteiger partial charge < -0.3 is 10.2 Å². The molecule has 1 aromatic carbocycles. The van der Waals surface area contributed by atoms with Crippen LogP contribution in [0.4, 0.5) is 5.69 Å². The molecular formula is C23H26N6O2. The van der Waals surface area contributed by atoms with Crippen molar-refractivity contribution in [1.29, 1.82) is 0 Å². The van der Waals surface area contributed by atoms with Crippen molar-refractivity contribution in [1.82, 2.24) is 24.5 Å². The van der Waals surface area contributed by atoms with Crippen molar-refractivity contribution in [2.45, 2.75) is 26.3 Å². The Hall–Kier alpha value is -3.68. The fourth-order valence-corrected chi connectivity index (χ4v) is 3.63. The highest BCUT2D eigenvalue weighted by Gasteiger charge is 2.26. The monoisotopic (exact) mass is 418 g/mol. The number of rotatable bonds is 6. The first-order valence-corrected chi connectivity index (χ1v) is 10.5. The second-order valence-electron chi connectivity index (χ2n) is 7.56. The van der Waals surface area contributed by atoms with Gasteiger partial charge in [-0.3, -0.25) is 14.3 Å². The van der Waals surface area contributed by atoms with Crippen molar-refractivity contribution < 1.29 is 9.59 Å². The molecule has 1 aliphatic heterocycles. The SMILES string of the molecule is CCn1cc(NC(=O)C2CCN(C(=O)C=Cc3cnn(-c4ccccc4)c3)CC2)cn1. The maximum atomic E-state index is 12.6. The van der Waals surface area contributed by atoms with Crippen LogP contribution in [0.2, 0.25) is 0 Å². The summed E-state index contributed by atoms with van der Waals surface area (Å²) < 4.78 is 3.55. The normalized spacial score (nSPS) is 14.8. The zero-order chi connectivity index (χ0) is 21.6. The molecule has 1 N–H and O–H groups in total. The lowest BCUT2D eigenvalue weighted by Gasteiger charge is -2.30. The van der Waals surface area contributed by atoms with E-state index in [4.69, 9.17) is 0 Å². The summed E-state index contributed by atoms with van der Waals surface area (Å²) in [6.07, 6.45) is 11.7. The van der Waals surface area contributed by atoms with Crippen molar-refractivity contribution in [2.75, 3.05) is 18.4 Å². The number of nitrogens with one attached hydrogen (secondary N) is 1. The number of hydrogen-bond acceptors (Lipinski definition) is 4. The average Bonchev–Trinajstić information content (AvgIpc) is 3.47. The van der Waals surface area contributed by atoms with E-state index in [-0.39, 0.29) is 17.7 Å². The second kappa shape index (κ2) is 9.42. The molecule has 0 unspecified atom stereocenters. The molecule has 8 nitrogen and oxygen atoms in total. The number of anilines is 1. The third kappa shape index (κ3) is 5.09. The molecule has 0 spiro atoms. The number of piperidine rings is 1. The molecule has 1 fully saturated rings. The number of aromatic nitrogens is 4. The quantitative estimate of drug-likeness (QED) is 0.624. The van der Waals surface area contributed by atoms with Gasteiger partial charge in [-0.05, 0) is 38.0 Å². The van der Waals surface area contributed by atoms with E-state index in [2.05, 4.69) is 15.5 Å². The van der Waals surface area contributed by atoms with Crippen LogP contribution < -0.4 is 5.32 Å². The highest BCUT2D eigenvalue weighted by molar-refractivity contribution is 5.93. The number of amides is 2. The lowest BCUT2D eigenvalue weighted by molar-refractivity contribution is -0.130. The molecule has 3 heterocycles. The maximum absolute atomic E-state index is 12.6. The number of likely N-dealkylation sites (tertiary alicyclic amines) is 1. The van der Waals surface area contributed by atoms with Gasteiger partial charge in [-0.15, -0.1) is 0 Å². The smallest absolute Gasteiger partial charge is 0.246 e. The number of benzene rings is 1. The standard InChI is InChI=1S/C23H26N6O2/c1-2-28-17-20(15-24-28)26-23(31)19-10-12-27(13-11-19)22(30)9-8-18-14-25-29(16-18)21-6-4-3-5-7-21/h3-9,14-17,19H,2,10-13H2,1H3,(H,26,31). The Morgan fingerprint density at radius 1 is 1.10 bits per heavy atom. The third-order valence-corrected chi connectivity index (χ3v) is 5.44. The first-order chi connectivity index (χ1) is 15.1. The van der Waals surface area contributed by atoms with Crippen LogP contribution in [0.3, 0.4) is 0 Å². The summed E-state index contributed by atoms with van der Waals surface area (Å²) in [6, 6.07) is 9.82. The van der Waals surface area contributed by atoms with E-state index in [0.29, 0.717) is 31.6 Å². The minimum Gasteiger partial charge on any atom is -0.339 e. The molecule has 4 rings (SSSR count). The summed E-state index contributed by atoms with van der Waals surface area (Å²) in [4.78, 5) is 26.8. The molecule has 2 amide bonds. The molecule has 2 aromatic heterocycles. The molecule has 0 radical (unpaired) electrons. The van der Waals surface area contributed by atoms with Gasteiger partial charge in [0, 0.05) is 49.6 Å². The van der Waals surface area contributed by atoms with Gasteiger partial charge in [0.25, 0.3) is 0 Å². The molecule has 160 valence electrons. The number of nitrogens with zero attached hydrogens (tertiary/aromatic N) is 5. The van der Waals surface area contributed by atoms with Crippen LogP contribution >= 0.6 is 0 Å². The fourth-order valence-electron chi connectivity index (χ4n) is 3.63. The number of para-hydroxylation sites is 1. The van der Waals surface area contributed by atoms with Gasteiger partial charge >= 0.3 is 0 Å². The average molecular weight is 419 g/mol. The van der Waals surface area contributed by atoms with Crippen molar-refractivity contribution >= 4 is 23.6 Å². The number of hydrogen-bond donors (Lipinski definition) is 1. The lowest BCUT2D eigenvalue weighted by Crippen LogP contribution is -2.40. The van der Waals surface area contributed by atoms with E-state index >= 15 is 0 Å². The molecular weight excluding hydrogens is 392 g/mol. The molecule has 0 aliphatic carbocycles. The summed E-state index contributed by atoms with van der Waals surface area (Å²) in [6.45, 7) is 3.89. The highest BCUT2D eigenvalue weighted by Crippen LogP contribution is 2.20. The zero-order valence-electron chi connectivity index (χ0n) is 17.5. The minimum atomic E-state index is -0.0953. The van der Waals surface area contributed by atoms with Gasteiger partial charge in [-0.1, -0.05) is 18.2 Å². The van der Waals surface area contributed by atoms with E-state index in [1.165, 1.54) is 0 Å². The van der Waals surface area contributed by atoms with Gasteiger partial charge in [0.1, 0.15) is 0 Å². The Balaban J connectivity index is 1.27. The van der Waals surface area contributed by atoms with Gasteiger partial charge in [0.15, 0.2) is 0 Å².